The molecule has 2 unspecified atom stereocenters. The van der Waals surface area contributed by atoms with Crippen molar-refractivity contribution in [1.82, 2.24) is 4.90 Å². The van der Waals surface area contributed by atoms with E-state index in [4.69, 9.17) is 11.6 Å². The van der Waals surface area contributed by atoms with Gasteiger partial charge in [-0.25, -0.2) is 0 Å². The van der Waals surface area contributed by atoms with Crippen LogP contribution in [0.25, 0.3) is 0 Å². The third-order valence-electron chi connectivity index (χ3n) is 3.57. The lowest BCUT2D eigenvalue weighted by Crippen LogP contribution is -2.57. The largest absolute Gasteiger partial charge is 0.395 e. The highest BCUT2D eigenvalue weighted by molar-refractivity contribution is 6.30. The Morgan fingerprint density at radius 1 is 1.41 bits per heavy atom. The van der Waals surface area contributed by atoms with Gasteiger partial charge in [0.05, 0.1) is 12.6 Å². The summed E-state index contributed by atoms with van der Waals surface area (Å²) >= 11 is 6.01. The van der Waals surface area contributed by atoms with Crippen molar-refractivity contribution >= 4 is 17.3 Å². The van der Waals surface area contributed by atoms with E-state index in [1.165, 1.54) is 0 Å². The zero-order chi connectivity index (χ0) is 12.4. The maximum atomic E-state index is 9.40. The van der Waals surface area contributed by atoms with Crippen LogP contribution in [0.15, 0.2) is 24.3 Å². The molecular weight excluding hydrogens is 236 g/mol. The van der Waals surface area contributed by atoms with Crippen LogP contribution >= 0.6 is 11.6 Å². The first-order valence-corrected chi connectivity index (χ1v) is 6.33. The average molecular weight is 255 g/mol. The number of nitrogens with zero attached hydrogens (tertiary/aromatic N) is 2. The molecule has 1 aromatic rings. The summed E-state index contributed by atoms with van der Waals surface area (Å²) in [7, 11) is 2.07. The van der Waals surface area contributed by atoms with Crippen LogP contribution in [0, 0.1) is 0 Å². The Balaban J connectivity index is 2.17. The molecular formula is C13H19ClN2O. The van der Waals surface area contributed by atoms with E-state index in [1.54, 1.807) is 0 Å². The van der Waals surface area contributed by atoms with E-state index < -0.39 is 0 Å². The number of piperazine rings is 1. The molecule has 1 aliphatic rings. The van der Waals surface area contributed by atoms with Gasteiger partial charge in [-0.05, 0) is 32.2 Å². The summed E-state index contributed by atoms with van der Waals surface area (Å²) in [6.07, 6.45) is 0. The van der Waals surface area contributed by atoms with Crippen LogP contribution in [-0.2, 0) is 0 Å². The summed E-state index contributed by atoms with van der Waals surface area (Å²) in [5.74, 6) is 0. The van der Waals surface area contributed by atoms with Crippen molar-refractivity contribution in [2.24, 2.45) is 0 Å². The van der Waals surface area contributed by atoms with Gasteiger partial charge in [-0.15, -0.1) is 0 Å². The molecule has 0 aromatic heterocycles. The SMILES string of the molecule is CC1CN(c2cccc(Cl)c2)CC(CO)N1C. The van der Waals surface area contributed by atoms with Crippen LogP contribution in [0.4, 0.5) is 5.69 Å². The van der Waals surface area contributed by atoms with Crippen molar-refractivity contribution in [3.63, 3.8) is 0 Å². The fourth-order valence-corrected chi connectivity index (χ4v) is 2.52. The highest BCUT2D eigenvalue weighted by atomic mass is 35.5. The topological polar surface area (TPSA) is 26.7 Å². The van der Waals surface area contributed by atoms with E-state index in [2.05, 4.69) is 29.8 Å². The molecule has 0 bridgehead atoms. The quantitative estimate of drug-likeness (QED) is 0.873. The van der Waals surface area contributed by atoms with E-state index in [0.717, 1.165) is 23.8 Å². The van der Waals surface area contributed by atoms with Crippen LogP contribution in [0.2, 0.25) is 5.02 Å². The van der Waals surface area contributed by atoms with Crippen molar-refractivity contribution in [2.75, 3.05) is 31.6 Å². The number of rotatable bonds is 2. The molecule has 0 saturated carbocycles. The number of anilines is 1. The van der Waals surface area contributed by atoms with Crippen LogP contribution in [0.3, 0.4) is 0 Å². The Bertz CT molecular complexity index is 385. The molecule has 1 aliphatic heterocycles. The van der Waals surface area contributed by atoms with Gasteiger partial charge in [0.1, 0.15) is 0 Å². The minimum Gasteiger partial charge on any atom is -0.395 e. The van der Waals surface area contributed by atoms with Gasteiger partial charge < -0.3 is 10.0 Å². The van der Waals surface area contributed by atoms with Crippen molar-refractivity contribution in [3.05, 3.63) is 29.3 Å². The molecule has 1 saturated heterocycles. The van der Waals surface area contributed by atoms with Gasteiger partial charge in [-0.1, -0.05) is 17.7 Å². The molecule has 17 heavy (non-hydrogen) atoms. The van der Waals surface area contributed by atoms with Crippen LogP contribution < -0.4 is 4.90 Å². The number of likely N-dealkylation sites (N-methyl/N-ethyl adjacent to an activating group) is 1. The molecule has 1 heterocycles. The molecule has 2 rings (SSSR count). The van der Waals surface area contributed by atoms with Gasteiger partial charge in [0.2, 0.25) is 0 Å². The van der Waals surface area contributed by atoms with Crippen molar-refractivity contribution < 1.29 is 5.11 Å². The number of aliphatic hydroxyl groups excluding tert-OH is 1. The lowest BCUT2D eigenvalue weighted by atomic mass is 10.1. The first kappa shape index (κ1) is 12.7. The molecule has 4 heteroatoms. The first-order valence-electron chi connectivity index (χ1n) is 5.95. The predicted molar refractivity (Wildman–Crippen MR) is 71.8 cm³/mol. The zero-order valence-electron chi connectivity index (χ0n) is 10.3. The van der Waals surface area contributed by atoms with Gasteiger partial charge in [0, 0.05) is 29.8 Å². The minimum atomic E-state index is 0.192. The van der Waals surface area contributed by atoms with Crippen molar-refractivity contribution in [1.29, 1.82) is 0 Å². The lowest BCUT2D eigenvalue weighted by Gasteiger charge is -2.44. The Kier molecular flexibility index (Phi) is 3.92. The number of halogens is 1. The van der Waals surface area contributed by atoms with E-state index in [0.29, 0.717) is 6.04 Å². The highest BCUT2D eigenvalue weighted by Crippen LogP contribution is 2.24. The Morgan fingerprint density at radius 2 is 2.18 bits per heavy atom. The van der Waals surface area contributed by atoms with Gasteiger partial charge in [0.25, 0.3) is 0 Å². The Hall–Kier alpha value is -0.770. The summed E-state index contributed by atoms with van der Waals surface area (Å²) in [6.45, 7) is 4.18. The first-order chi connectivity index (χ1) is 8.11. The molecule has 1 fully saturated rings. The van der Waals surface area contributed by atoms with Crippen molar-refractivity contribution in [3.8, 4) is 0 Å². The summed E-state index contributed by atoms with van der Waals surface area (Å²) in [4.78, 5) is 4.53. The van der Waals surface area contributed by atoms with Crippen LogP contribution in [-0.4, -0.2) is 48.8 Å². The number of aliphatic hydroxyl groups is 1. The molecule has 2 atom stereocenters. The summed E-state index contributed by atoms with van der Waals surface area (Å²) < 4.78 is 0. The summed E-state index contributed by atoms with van der Waals surface area (Å²) in [6, 6.07) is 8.52. The van der Waals surface area contributed by atoms with Gasteiger partial charge >= 0.3 is 0 Å². The van der Waals surface area contributed by atoms with E-state index in [-0.39, 0.29) is 12.6 Å². The monoisotopic (exact) mass is 254 g/mol. The molecule has 0 spiro atoms. The third kappa shape index (κ3) is 2.73. The summed E-state index contributed by atoms with van der Waals surface area (Å²) in [5.41, 5.74) is 1.14. The van der Waals surface area contributed by atoms with Crippen LogP contribution in [0.5, 0.6) is 0 Å². The van der Waals surface area contributed by atoms with E-state index >= 15 is 0 Å². The molecule has 3 nitrogen and oxygen atoms in total. The maximum absolute atomic E-state index is 9.40. The Morgan fingerprint density at radius 3 is 2.82 bits per heavy atom. The van der Waals surface area contributed by atoms with E-state index in [1.807, 2.05) is 18.2 Å². The standard InChI is InChI=1S/C13H19ClN2O/c1-10-7-16(8-13(9-17)15(10)2)12-5-3-4-11(14)6-12/h3-6,10,13,17H,7-9H2,1-2H3. The third-order valence-corrected chi connectivity index (χ3v) is 3.81. The molecule has 94 valence electrons. The molecule has 1 aromatic carbocycles. The van der Waals surface area contributed by atoms with Crippen LogP contribution in [0.1, 0.15) is 6.92 Å². The molecule has 0 radical (unpaired) electrons. The smallest absolute Gasteiger partial charge is 0.0604 e. The van der Waals surface area contributed by atoms with Gasteiger partial charge in [-0.3, -0.25) is 4.90 Å². The number of hydrogen-bond donors (Lipinski definition) is 1. The Labute approximate surface area is 108 Å². The van der Waals surface area contributed by atoms with E-state index in [9.17, 15) is 5.11 Å². The summed E-state index contributed by atoms with van der Waals surface area (Å²) in [5, 5.41) is 10.2. The fourth-order valence-electron chi connectivity index (χ4n) is 2.34. The van der Waals surface area contributed by atoms with Crippen molar-refractivity contribution in [2.45, 2.75) is 19.0 Å². The second kappa shape index (κ2) is 5.25. The average Bonchev–Trinajstić information content (AvgIpc) is 2.32. The highest BCUT2D eigenvalue weighted by Gasteiger charge is 2.28. The normalized spacial score (nSPS) is 26.2. The fraction of sp³-hybridized carbons (Fsp3) is 0.538. The second-order valence-electron chi connectivity index (χ2n) is 4.74. The molecule has 0 amide bonds. The molecule has 0 aliphatic carbocycles. The maximum Gasteiger partial charge on any atom is 0.0604 e. The lowest BCUT2D eigenvalue weighted by molar-refractivity contribution is 0.0996. The number of benzene rings is 1. The second-order valence-corrected chi connectivity index (χ2v) is 5.17. The predicted octanol–water partition coefficient (Wildman–Crippen LogP) is 1.84. The number of hydrogen-bond acceptors (Lipinski definition) is 3. The van der Waals surface area contributed by atoms with Gasteiger partial charge in [0.15, 0.2) is 0 Å². The van der Waals surface area contributed by atoms with Gasteiger partial charge in [-0.2, -0.15) is 0 Å². The minimum absolute atomic E-state index is 0.192. The molecule has 1 N–H and O–H groups in total. The zero-order valence-corrected chi connectivity index (χ0v) is 11.1.